The minimum absolute atomic E-state index is 0.117. The standard InChI is InChI=1S/C14H15N5O/c1-10-13(7-15-18(10)2)16-14(20)9-19-8-11-5-3-4-6-12(11)17-19/h3-8H,9H2,1-2H3,(H,16,20). The highest BCUT2D eigenvalue weighted by Crippen LogP contribution is 2.13. The SMILES string of the molecule is Cc1c(NC(=O)Cn2cc3ccccc3n2)cnn1C. The quantitative estimate of drug-likeness (QED) is 0.787. The first-order valence-electron chi connectivity index (χ1n) is 6.34. The Bertz CT molecular complexity index is 738. The maximum absolute atomic E-state index is 12.0. The van der Waals surface area contributed by atoms with Gasteiger partial charge in [0.25, 0.3) is 0 Å². The Morgan fingerprint density at radius 3 is 2.85 bits per heavy atom. The van der Waals surface area contributed by atoms with E-state index in [0.717, 1.165) is 22.3 Å². The predicted octanol–water partition coefficient (Wildman–Crippen LogP) is 1.72. The summed E-state index contributed by atoms with van der Waals surface area (Å²) >= 11 is 0. The highest BCUT2D eigenvalue weighted by molar-refractivity contribution is 5.91. The lowest BCUT2D eigenvalue weighted by Gasteiger charge is -2.04. The van der Waals surface area contributed by atoms with Crippen LogP contribution in [-0.4, -0.2) is 25.5 Å². The third kappa shape index (κ3) is 2.27. The van der Waals surface area contributed by atoms with Crippen molar-refractivity contribution in [2.45, 2.75) is 13.5 Å². The maximum atomic E-state index is 12.0. The number of anilines is 1. The molecule has 20 heavy (non-hydrogen) atoms. The average Bonchev–Trinajstić information content (AvgIpc) is 2.96. The van der Waals surface area contributed by atoms with Gasteiger partial charge in [0.2, 0.25) is 5.91 Å². The van der Waals surface area contributed by atoms with E-state index in [4.69, 9.17) is 0 Å². The number of aryl methyl sites for hydroxylation is 1. The molecule has 0 aliphatic rings. The van der Waals surface area contributed by atoms with Crippen molar-refractivity contribution >= 4 is 22.5 Å². The van der Waals surface area contributed by atoms with Gasteiger partial charge in [-0.1, -0.05) is 18.2 Å². The molecule has 0 spiro atoms. The Labute approximate surface area is 116 Å². The van der Waals surface area contributed by atoms with Gasteiger partial charge < -0.3 is 5.32 Å². The highest BCUT2D eigenvalue weighted by atomic mass is 16.2. The summed E-state index contributed by atoms with van der Waals surface area (Å²) in [5, 5.41) is 12.3. The van der Waals surface area contributed by atoms with Gasteiger partial charge >= 0.3 is 0 Å². The number of rotatable bonds is 3. The third-order valence-electron chi connectivity index (χ3n) is 3.28. The van der Waals surface area contributed by atoms with Crippen LogP contribution in [0.15, 0.2) is 36.7 Å². The van der Waals surface area contributed by atoms with E-state index in [9.17, 15) is 4.79 Å². The summed E-state index contributed by atoms with van der Waals surface area (Å²) < 4.78 is 3.36. The molecule has 0 saturated heterocycles. The smallest absolute Gasteiger partial charge is 0.246 e. The lowest BCUT2D eigenvalue weighted by molar-refractivity contribution is -0.116. The van der Waals surface area contributed by atoms with Gasteiger partial charge in [0.15, 0.2) is 0 Å². The summed E-state index contributed by atoms with van der Waals surface area (Å²) in [6.07, 6.45) is 3.51. The van der Waals surface area contributed by atoms with Crippen molar-refractivity contribution in [3.63, 3.8) is 0 Å². The van der Waals surface area contributed by atoms with E-state index in [2.05, 4.69) is 15.5 Å². The first-order chi connectivity index (χ1) is 9.63. The van der Waals surface area contributed by atoms with Crippen LogP contribution in [0.4, 0.5) is 5.69 Å². The molecule has 2 aromatic heterocycles. The number of nitrogens with zero attached hydrogens (tertiary/aromatic N) is 4. The number of hydrogen-bond donors (Lipinski definition) is 1. The monoisotopic (exact) mass is 269 g/mol. The van der Waals surface area contributed by atoms with Crippen molar-refractivity contribution < 1.29 is 4.79 Å². The Balaban J connectivity index is 1.74. The molecule has 102 valence electrons. The largest absolute Gasteiger partial charge is 0.322 e. The van der Waals surface area contributed by atoms with E-state index in [1.807, 2.05) is 44.4 Å². The zero-order chi connectivity index (χ0) is 14.1. The van der Waals surface area contributed by atoms with Gasteiger partial charge in [-0.05, 0) is 13.0 Å². The van der Waals surface area contributed by atoms with Crippen LogP contribution in [0.3, 0.4) is 0 Å². The Hall–Kier alpha value is -2.63. The minimum Gasteiger partial charge on any atom is -0.322 e. The van der Waals surface area contributed by atoms with Crippen molar-refractivity contribution in [3.05, 3.63) is 42.4 Å². The number of aromatic nitrogens is 4. The topological polar surface area (TPSA) is 64.7 Å². The van der Waals surface area contributed by atoms with Crippen molar-refractivity contribution in [2.24, 2.45) is 7.05 Å². The van der Waals surface area contributed by atoms with Crippen LogP contribution >= 0.6 is 0 Å². The van der Waals surface area contributed by atoms with Crippen LogP contribution in [0.5, 0.6) is 0 Å². The molecule has 0 aliphatic heterocycles. The average molecular weight is 269 g/mol. The molecule has 1 amide bonds. The molecule has 0 unspecified atom stereocenters. The van der Waals surface area contributed by atoms with Gasteiger partial charge in [0.05, 0.1) is 23.1 Å². The second-order valence-electron chi connectivity index (χ2n) is 4.70. The van der Waals surface area contributed by atoms with Gasteiger partial charge in [-0.25, -0.2) is 0 Å². The van der Waals surface area contributed by atoms with Gasteiger partial charge in [-0.2, -0.15) is 10.2 Å². The summed E-state index contributed by atoms with van der Waals surface area (Å²) in [5.74, 6) is -0.117. The van der Waals surface area contributed by atoms with Gasteiger partial charge in [0, 0.05) is 18.6 Å². The highest BCUT2D eigenvalue weighted by Gasteiger charge is 2.09. The fourth-order valence-corrected chi connectivity index (χ4v) is 2.05. The molecule has 6 heteroatoms. The van der Waals surface area contributed by atoms with E-state index in [-0.39, 0.29) is 12.5 Å². The summed E-state index contributed by atoms with van der Waals surface area (Å²) in [6, 6.07) is 7.78. The molecular formula is C14H15N5O. The number of carbonyl (C=O) groups is 1. The van der Waals surface area contributed by atoms with E-state index < -0.39 is 0 Å². The molecule has 0 fully saturated rings. The molecule has 1 aromatic carbocycles. The molecule has 3 rings (SSSR count). The molecule has 1 N–H and O–H groups in total. The molecule has 0 radical (unpaired) electrons. The van der Waals surface area contributed by atoms with E-state index in [1.54, 1.807) is 15.6 Å². The summed E-state index contributed by atoms with van der Waals surface area (Å²) in [6.45, 7) is 2.09. The van der Waals surface area contributed by atoms with Gasteiger partial charge in [-0.15, -0.1) is 0 Å². The fraction of sp³-hybridized carbons (Fsp3) is 0.214. The number of fused-ring (bicyclic) bond motifs is 1. The van der Waals surface area contributed by atoms with Gasteiger partial charge in [-0.3, -0.25) is 14.2 Å². The second kappa shape index (κ2) is 4.80. The van der Waals surface area contributed by atoms with Crippen LogP contribution in [-0.2, 0) is 18.4 Å². The third-order valence-corrected chi connectivity index (χ3v) is 3.28. The zero-order valence-corrected chi connectivity index (χ0v) is 11.4. The first kappa shape index (κ1) is 12.4. The van der Waals surface area contributed by atoms with Crippen LogP contribution in [0, 0.1) is 6.92 Å². The number of hydrogen-bond acceptors (Lipinski definition) is 3. The van der Waals surface area contributed by atoms with Crippen LogP contribution in [0.1, 0.15) is 5.69 Å². The predicted molar refractivity (Wildman–Crippen MR) is 76.3 cm³/mol. The van der Waals surface area contributed by atoms with E-state index in [1.165, 1.54) is 0 Å². The molecule has 0 atom stereocenters. The number of benzene rings is 1. The number of carbonyl (C=O) groups excluding carboxylic acids is 1. The Morgan fingerprint density at radius 1 is 1.35 bits per heavy atom. The van der Waals surface area contributed by atoms with E-state index in [0.29, 0.717) is 0 Å². The van der Waals surface area contributed by atoms with E-state index >= 15 is 0 Å². The Kier molecular flexibility index (Phi) is 2.98. The van der Waals surface area contributed by atoms with Crippen molar-refractivity contribution in [3.8, 4) is 0 Å². The van der Waals surface area contributed by atoms with Crippen LogP contribution in [0.2, 0.25) is 0 Å². The molecule has 0 saturated carbocycles. The molecular weight excluding hydrogens is 254 g/mol. The summed E-state index contributed by atoms with van der Waals surface area (Å²) in [5.41, 5.74) is 2.54. The van der Waals surface area contributed by atoms with Gasteiger partial charge in [0.1, 0.15) is 6.54 Å². The second-order valence-corrected chi connectivity index (χ2v) is 4.70. The van der Waals surface area contributed by atoms with Crippen LogP contribution in [0.25, 0.3) is 10.9 Å². The lowest BCUT2D eigenvalue weighted by atomic mass is 10.3. The molecule has 3 aromatic rings. The van der Waals surface area contributed by atoms with Crippen LogP contribution < -0.4 is 5.32 Å². The summed E-state index contributed by atoms with van der Waals surface area (Å²) in [4.78, 5) is 12.0. The molecule has 0 bridgehead atoms. The zero-order valence-electron chi connectivity index (χ0n) is 11.4. The van der Waals surface area contributed by atoms with Crippen molar-refractivity contribution in [2.75, 3.05) is 5.32 Å². The molecule has 0 aliphatic carbocycles. The first-order valence-corrected chi connectivity index (χ1v) is 6.34. The Morgan fingerprint density at radius 2 is 2.15 bits per heavy atom. The molecule has 6 nitrogen and oxygen atoms in total. The maximum Gasteiger partial charge on any atom is 0.246 e. The number of nitrogens with one attached hydrogen (secondary N) is 1. The normalized spacial score (nSPS) is 10.9. The summed E-state index contributed by atoms with van der Waals surface area (Å²) in [7, 11) is 1.84. The fourth-order valence-electron chi connectivity index (χ4n) is 2.05. The van der Waals surface area contributed by atoms with Crippen molar-refractivity contribution in [1.29, 1.82) is 0 Å². The molecule has 2 heterocycles. The number of amides is 1. The minimum atomic E-state index is -0.117. The van der Waals surface area contributed by atoms with Crippen molar-refractivity contribution in [1.82, 2.24) is 19.6 Å². The lowest BCUT2D eigenvalue weighted by Crippen LogP contribution is -2.19.